The number of carbonyl (C=O) groups excluding carboxylic acids is 1. The highest BCUT2D eigenvalue weighted by Gasteiger charge is 2.21. The summed E-state index contributed by atoms with van der Waals surface area (Å²) >= 11 is 0. The van der Waals surface area contributed by atoms with Gasteiger partial charge in [-0.3, -0.25) is 13.8 Å². The summed E-state index contributed by atoms with van der Waals surface area (Å²) in [5.74, 6) is -1.46. The minimum absolute atomic E-state index is 0.356. The van der Waals surface area contributed by atoms with Crippen LogP contribution in [0.15, 0.2) is 24.3 Å². The van der Waals surface area contributed by atoms with Gasteiger partial charge in [0.15, 0.2) is 0 Å². The molecule has 19 heavy (non-hydrogen) atoms. The molecule has 0 aliphatic heterocycles. The number of amides is 1. The van der Waals surface area contributed by atoms with Crippen LogP contribution in [0.1, 0.15) is 6.92 Å². The Kier molecular flexibility index (Phi) is 5.50. The quantitative estimate of drug-likeness (QED) is 0.808. The number of carbonyl (C=O) groups is 2. The van der Waals surface area contributed by atoms with Crippen LogP contribution in [0.4, 0.5) is 5.69 Å². The van der Waals surface area contributed by atoms with Crippen molar-refractivity contribution in [3.8, 4) is 5.75 Å². The lowest BCUT2D eigenvalue weighted by Crippen LogP contribution is -2.29. The molecule has 1 aromatic carbocycles. The molecule has 1 rings (SSSR count). The predicted molar refractivity (Wildman–Crippen MR) is 71.7 cm³/mol. The van der Waals surface area contributed by atoms with Crippen LogP contribution in [-0.2, 0) is 20.4 Å². The highest BCUT2D eigenvalue weighted by Crippen LogP contribution is 2.16. The number of nitrogens with one attached hydrogen (secondary N) is 1. The molecule has 0 saturated heterocycles. The Labute approximate surface area is 113 Å². The SMILES string of the molecule is COc1cccc(NC(=O)CS(=O)C(C)C(=O)O)c1. The second-order valence-corrected chi connectivity index (χ2v) is 5.54. The maximum atomic E-state index is 11.6. The molecule has 104 valence electrons. The van der Waals surface area contributed by atoms with Gasteiger partial charge >= 0.3 is 5.97 Å². The summed E-state index contributed by atoms with van der Waals surface area (Å²) in [6.07, 6.45) is 0. The van der Waals surface area contributed by atoms with E-state index in [1.165, 1.54) is 14.0 Å². The minimum Gasteiger partial charge on any atom is -0.497 e. The molecule has 6 nitrogen and oxygen atoms in total. The van der Waals surface area contributed by atoms with Crippen LogP contribution in [0, 0.1) is 0 Å². The number of carboxylic acid groups (broad SMARTS) is 1. The standard InChI is InChI=1S/C12H15NO5S/c1-8(12(15)16)19(17)7-11(14)13-9-4-3-5-10(6-9)18-2/h3-6,8H,7H2,1-2H3,(H,13,14)(H,15,16). The van der Waals surface area contributed by atoms with E-state index in [-0.39, 0.29) is 5.75 Å². The summed E-state index contributed by atoms with van der Waals surface area (Å²) in [6, 6.07) is 6.69. The van der Waals surface area contributed by atoms with Crippen molar-refractivity contribution >= 4 is 28.4 Å². The minimum atomic E-state index is -1.75. The van der Waals surface area contributed by atoms with Gasteiger partial charge in [-0.25, -0.2) is 0 Å². The third-order valence-electron chi connectivity index (χ3n) is 2.37. The van der Waals surface area contributed by atoms with Crippen molar-refractivity contribution in [2.45, 2.75) is 12.2 Å². The second kappa shape index (κ2) is 6.89. The Bertz CT molecular complexity index is 503. The van der Waals surface area contributed by atoms with Gasteiger partial charge in [0.2, 0.25) is 5.91 Å². The van der Waals surface area contributed by atoms with E-state index in [0.717, 1.165) is 0 Å². The molecule has 2 unspecified atom stereocenters. The second-order valence-electron chi connectivity index (χ2n) is 3.79. The highest BCUT2D eigenvalue weighted by atomic mass is 32.2. The van der Waals surface area contributed by atoms with Crippen LogP contribution in [0.5, 0.6) is 5.75 Å². The zero-order valence-corrected chi connectivity index (χ0v) is 11.4. The van der Waals surface area contributed by atoms with Crippen molar-refractivity contribution in [3.05, 3.63) is 24.3 Å². The van der Waals surface area contributed by atoms with Crippen LogP contribution >= 0.6 is 0 Å². The van der Waals surface area contributed by atoms with Gasteiger partial charge in [-0.1, -0.05) is 6.07 Å². The normalized spacial score (nSPS) is 13.4. The average molecular weight is 285 g/mol. The van der Waals surface area contributed by atoms with E-state index in [0.29, 0.717) is 11.4 Å². The molecular formula is C12H15NO5S. The molecule has 0 fully saturated rings. The lowest BCUT2D eigenvalue weighted by Gasteiger charge is -2.08. The van der Waals surface area contributed by atoms with E-state index in [2.05, 4.69) is 5.32 Å². The fraction of sp³-hybridized carbons (Fsp3) is 0.333. The van der Waals surface area contributed by atoms with Gasteiger partial charge in [-0.05, 0) is 19.1 Å². The molecule has 0 radical (unpaired) electrons. The van der Waals surface area contributed by atoms with E-state index < -0.39 is 27.9 Å². The summed E-state index contributed by atoms with van der Waals surface area (Å²) in [5, 5.41) is 10.1. The van der Waals surface area contributed by atoms with E-state index in [9.17, 15) is 13.8 Å². The maximum Gasteiger partial charge on any atom is 0.318 e. The van der Waals surface area contributed by atoms with Crippen molar-refractivity contribution in [2.75, 3.05) is 18.2 Å². The monoisotopic (exact) mass is 285 g/mol. The van der Waals surface area contributed by atoms with Crippen molar-refractivity contribution in [1.29, 1.82) is 0 Å². The lowest BCUT2D eigenvalue weighted by molar-refractivity contribution is -0.136. The van der Waals surface area contributed by atoms with Gasteiger partial charge in [0.25, 0.3) is 0 Å². The Morgan fingerprint density at radius 1 is 1.47 bits per heavy atom. The van der Waals surface area contributed by atoms with E-state index in [1.807, 2.05) is 0 Å². The molecule has 1 amide bonds. The van der Waals surface area contributed by atoms with Gasteiger partial charge in [-0.2, -0.15) is 0 Å². The molecule has 0 spiro atoms. The number of methoxy groups -OCH3 is 1. The molecule has 0 aromatic heterocycles. The van der Waals surface area contributed by atoms with Crippen LogP contribution in [0.25, 0.3) is 0 Å². The number of rotatable bonds is 6. The Morgan fingerprint density at radius 3 is 2.74 bits per heavy atom. The van der Waals surface area contributed by atoms with Gasteiger partial charge in [-0.15, -0.1) is 0 Å². The molecule has 0 bridgehead atoms. The molecular weight excluding hydrogens is 270 g/mol. The van der Waals surface area contributed by atoms with Crippen LogP contribution < -0.4 is 10.1 Å². The number of anilines is 1. The Morgan fingerprint density at radius 2 is 2.16 bits per heavy atom. The molecule has 0 heterocycles. The lowest BCUT2D eigenvalue weighted by atomic mass is 10.3. The summed E-state index contributed by atoms with van der Waals surface area (Å²) in [6.45, 7) is 1.30. The number of hydrogen-bond acceptors (Lipinski definition) is 4. The first-order valence-electron chi connectivity index (χ1n) is 5.48. The van der Waals surface area contributed by atoms with Gasteiger partial charge in [0.05, 0.1) is 7.11 Å². The predicted octanol–water partition coefficient (Wildman–Crippen LogP) is 0.855. The molecule has 1 aromatic rings. The van der Waals surface area contributed by atoms with Gasteiger partial charge < -0.3 is 15.2 Å². The smallest absolute Gasteiger partial charge is 0.318 e. The third-order valence-corrected chi connectivity index (χ3v) is 3.91. The number of benzene rings is 1. The van der Waals surface area contributed by atoms with E-state index in [4.69, 9.17) is 9.84 Å². The Balaban J connectivity index is 2.60. The third kappa shape index (κ3) is 4.70. The summed E-state index contributed by atoms with van der Waals surface area (Å²) in [7, 11) is -0.244. The first-order chi connectivity index (χ1) is 8.93. The summed E-state index contributed by atoms with van der Waals surface area (Å²) in [4.78, 5) is 22.2. The Hall–Kier alpha value is -1.89. The number of aliphatic carboxylic acids is 1. The first-order valence-corrected chi connectivity index (χ1v) is 6.86. The van der Waals surface area contributed by atoms with Crippen molar-refractivity contribution in [2.24, 2.45) is 0 Å². The molecule has 0 aliphatic carbocycles. The van der Waals surface area contributed by atoms with E-state index in [1.54, 1.807) is 24.3 Å². The fourth-order valence-electron chi connectivity index (χ4n) is 1.26. The average Bonchev–Trinajstić information content (AvgIpc) is 2.37. The number of carboxylic acids is 1. The molecule has 0 aliphatic rings. The fourth-order valence-corrected chi connectivity index (χ4v) is 2.07. The zero-order chi connectivity index (χ0) is 14.4. The molecule has 7 heteroatoms. The highest BCUT2D eigenvalue weighted by molar-refractivity contribution is 7.87. The molecule has 2 N–H and O–H groups in total. The zero-order valence-electron chi connectivity index (χ0n) is 10.6. The van der Waals surface area contributed by atoms with Crippen molar-refractivity contribution in [1.82, 2.24) is 0 Å². The summed E-state index contributed by atoms with van der Waals surface area (Å²) < 4.78 is 16.6. The van der Waals surface area contributed by atoms with Crippen molar-refractivity contribution < 1.29 is 23.6 Å². The van der Waals surface area contributed by atoms with E-state index >= 15 is 0 Å². The largest absolute Gasteiger partial charge is 0.497 e. The van der Waals surface area contributed by atoms with Gasteiger partial charge in [0.1, 0.15) is 16.8 Å². The summed E-state index contributed by atoms with van der Waals surface area (Å²) in [5.41, 5.74) is 0.504. The first kappa shape index (κ1) is 15.2. The number of ether oxygens (including phenoxy) is 1. The maximum absolute atomic E-state index is 11.6. The van der Waals surface area contributed by atoms with Crippen LogP contribution in [0.2, 0.25) is 0 Å². The topological polar surface area (TPSA) is 92.7 Å². The van der Waals surface area contributed by atoms with Gasteiger partial charge in [0, 0.05) is 22.6 Å². The van der Waals surface area contributed by atoms with Crippen molar-refractivity contribution in [3.63, 3.8) is 0 Å². The van der Waals surface area contributed by atoms with Crippen LogP contribution in [-0.4, -0.2) is 39.3 Å². The molecule has 2 atom stereocenters. The molecule has 0 saturated carbocycles. The van der Waals surface area contributed by atoms with Crippen LogP contribution in [0.3, 0.4) is 0 Å². The number of hydrogen-bond donors (Lipinski definition) is 2.